The summed E-state index contributed by atoms with van der Waals surface area (Å²) < 4.78 is 5.77. The Balaban J connectivity index is 1.82. The molecule has 2 heterocycles. The van der Waals surface area contributed by atoms with Crippen LogP contribution in [0.2, 0.25) is 0 Å². The van der Waals surface area contributed by atoms with Gasteiger partial charge in [0.25, 0.3) is 0 Å². The number of hydrogen-bond donors (Lipinski definition) is 1. The van der Waals surface area contributed by atoms with E-state index in [1.54, 1.807) is 0 Å². The van der Waals surface area contributed by atoms with Gasteiger partial charge in [-0.05, 0) is 35.1 Å². The molecule has 4 heteroatoms. The van der Waals surface area contributed by atoms with Gasteiger partial charge in [0.2, 0.25) is 0 Å². The Morgan fingerprint density at radius 2 is 1.88 bits per heavy atom. The molecule has 1 fully saturated rings. The number of fused-ring (bicyclic) bond motifs is 1. The van der Waals surface area contributed by atoms with E-state index in [-0.39, 0.29) is 18.1 Å². The molecule has 1 N–H and O–H groups in total. The predicted molar refractivity (Wildman–Crippen MR) is 101 cm³/mol. The van der Waals surface area contributed by atoms with E-state index in [1.165, 1.54) is 16.7 Å². The van der Waals surface area contributed by atoms with Crippen molar-refractivity contribution in [2.45, 2.75) is 52.0 Å². The summed E-state index contributed by atoms with van der Waals surface area (Å²) in [5.41, 5.74) is 4.49. The Bertz CT molecular complexity index is 818. The summed E-state index contributed by atoms with van der Waals surface area (Å²) in [4.78, 5) is 14.7. The van der Waals surface area contributed by atoms with E-state index in [4.69, 9.17) is 4.74 Å². The number of hydrogen-bond acceptors (Lipinski definition) is 3. The minimum absolute atomic E-state index is 0.203. The average Bonchev–Trinajstić information content (AvgIpc) is 3.18. The van der Waals surface area contributed by atoms with Crippen LogP contribution in [0.5, 0.6) is 0 Å². The Kier molecular flexibility index (Phi) is 4.23. The van der Waals surface area contributed by atoms with Crippen LogP contribution in [0.25, 0.3) is 0 Å². The zero-order chi connectivity index (χ0) is 18.3. The molecule has 1 saturated heterocycles. The van der Waals surface area contributed by atoms with Gasteiger partial charge < -0.3 is 10.1 Å². The average molecular weight is 350 g/mol. The lowest BCUT2D eigenvalue weighted by atomic mass is 9.74. The van der Waals surface area contributed by atoms with Crippen LogP contribution in [0.4, 0.5) is 4.79 Å². The molecule has 0 saturated carbocycles. The van der Waals surface area contributed by atoms with Gasteiger partial charge in [-0.15, -0.1) is 0 Å². The van der Waals surface area contributed by atoms with Crippen LogP contribution in [0.3, 0.4) is 0 Å². The van der Waals surface area contributed by atoms with Crippen molar-refractivity contribution in [3.63, 3.8) is 0 Å². The van der Waals surface area contributed by atoms with Gasteiger partial charge in [-0.25, -0.2) is 4.79 Å². The summed E-state index contributed by atoms with van der Waals surface area (Å²) in [5, 5.41) is 3.41. The fourth-order valence-electron chi connectivity index (χ4n) is 4.69. The van der Waals surface area contributed by atoms with E-state index < -0.39 is 5.54 Å². The number of nitrogens with zero attached hydrogens (tertiary/aromatic N) is 1. The number of amides is 1. The molecule has 0 spiro atoms. The van der Waals surface area contributed by atoms with Gasteiger partial charge in [-0.1, -0.05) is 62.4 Å². The molecule has 0 aromatic heterocycles. The summed E-state index contributed by atoms with van der Waals surface area (Å²) in [5.74, 6) is 0.222. The highest BCUT2D eigenvalue weighted by molar-refractivity contribution is 5.73. The van der Waals surface area contributed by atoms with Crippen LogP contribution < -0.4 is 5.32 Å². The van der Waals surface area contributed by atoms with Gasteiger partial charge in [0.15, 0.2) is 0 Å². The lowest BCUT2D eigenvalue weighted by molar-refractivity contribution is 0.0599. The first kappa shape index (κ1) is 17.1. The molecule has 2 aromatic rings. The number of carbonyl (C=O) groups excluding carboxylic acids is 1. The molecule has 0 aliphatic carbocycles. The molecule has 4 nitrogen and oxygen atoms in total. The Labute approximate surface area is 155 Å². The molecular formula is C22H26N2O2. The first-order chi connectivity index (χ1) is 12.5. The third-order valence-corrected chi connectivity index (χ3v) is 5.93. The quantitative estimate of drug-likeness (QED) is 0.899. The van der Waals surface area contributed by atoms with Crippen molar-refractivity contribution >= 4 is 6.09 Å². The lowest BCUT2D eigenvalue weighted by Crippen LogP contribution is -2.51. The number of carbonyl (C=O) groups is 1. The van der Waals surface area contributed by atoms with Gasteiger partial charge in [-0.3, -0.25) is 4.90 Å². The predicted octanol–water partition coefficient (Wildman–Crippen LogP) is 4.18. The molecule has 2 aliphatic heterocycles. The number of nitrogens with one attached hydrogen (secondary N) is 1. The summed E-state index contributed by atoms with van der Waals surface area (Å²) in [6.45, 7) is 8.75. The Morgan fingerprint density at radius 3 is 2.62 bits per heavy atom. The normalized spacial score (nSPS) is 24.8. The first-order valence-corrected chi connectivity index (χ1v) is 9.38. The van der Waals surface area contributed by atoms with Gasteiger partial charge in [0, 0.05) is 13.1 Å². The molecule has 2 aliphatic rings. The van der Waals surface area contributed by atoms with Crippen molar-refractivity contribution in [2.75, 3.05) is 0 Å². The van der Waals surface area contributed by atoms with Gasteiger partial charge in [-0.2, -0.15) is 0 Å². The summed E-state index contributed by atoms with van der Waals surface area (Å²) >= 11 is 0. The fourth-order valence-corrected chi connectivity index (χ4v) is 4.69. The van der Waals surface area contributed by atoms with Crippen molar-refractivity contribution in [1.29, 1.82) is 0 Å². The highest BCUT2D eigenvalue weighted by atomic mass is 16.6. The second-order valence-electron chi connectivity index (χ2n) is 7.66. The minimum atomic E-state index is -0.468. The van der Waals surface area contributed by atoms with Crippen molar-refractivity contribution in [2.24, 2.45) is 5.92 Å². The highest BCUT2D eigenvalue weighted by Gasteiger charge is 2.56. The number of benzene rings is 2. The molecule has 1 amide bonds. The third-order valence-electron chi connectivity index (χ3n) is 5.93. The SMILES string of the molecule is CC(C)C1(c2ccc3c(c2)CNC3)C(C)OC(=O)N1Cc1ccccc1. The number of rotatable bonds is 4. The highest BCUT2D eigenvalue weighted by Crippen LogP contribution is 2.46. The van der Waals surface area contributed by atoms with Crippen LogP contribution in [0.15, 0.2) is 48.5 Å². The van der Waals surface area contributed by atoms with Crippen LogP contribution >= 0.6 is 0 Å². The van der Waals surface area contributed by atoms with Crippen molar-refractivity contribution in [3.05, 3.63) is 70.8 Å². The standard InChI is InChI=1S/C22H26N2O2/c1-15(2)22(20-10-9-18-12-23-13-19(18)11-20)16(3)26-21(25)24(22)14-17-7-5-4-6-8-17/h4-11,15-16,23H,12-14H2,1-3H3. The maximum Gasteiger partial charge on any atom is 0.411 e. The third kappa shape index (κ3) is 2.52. The first-order valence-electron chi connectivity index (χ1n) is 9.38. The topological polar surface area (TPSA) is 41.6 Å². The fraction of sp³-hybridized carbons (Fsp3) is 0.409. The van der Waals surface area contributed by atoms with Gasteiger partial charge >= 0.3 is 6.09 Å². The van der Waals surface area contributed by atoms with E-state index in [2.05, 4.69) is 49.5 Å². The molecule has 2 aromatic carbocycles. The van der Waals surface area contributed by atoms with E-state index in [9.17, 15) is 4.79 Å². The van der Waals surface area contributed by atoms with Crippen molar-refractivity contribution in [1.82, 2.24) is 10.2 Å². The Hall–Kier alpha value is -2.33. The zero-order valence-corrected chi connectivity index (χ0v) is 15.7. The van der Waals surface area contributed by atoms with Crippen LogP contribution in [0.1, 0.15) is 43.0 Å². The Morgan fingerprint density at radius 1 is 1.15 bits per heavy atom. The summed E-state index contributed by atoms with van der Waals surface area (Å²) in [7, 11) is 0. The number of cyclic esters (lactones) is 1. The van der Waals surface area contributed by atoms with E-state index in [0.717, 1.165) is 18.7 Å². The smallest absolute Gasteiger partial charge is 0.411 e. The molecule has 4 rings (SSSR count). The van der Waals surface area contributed by atoms with Crippen LogP contribution in [-0.2, 0) is 29.9 Å². The van der Waals surface area contributed by atoms with E-state index in [1.807, 2.05) is 30.0 Å². The monoisotopic (exact) mass is 350 g/mol. The maximum atomic E-state index is 12.8. The van der Waals surface area contributed by atoms with Crippen molar-refractivity contribution in [3.8, 4) is 0 Å². The van der Waals surface area contributed by atoms with Crippen LogP contribution in [-0.4, -0.2) is 17.1 Å². The van der Waals surface area contributed by atoms with E-state index >= 15 is 0 Å². The van der Waals surface area contributed by atoms with Crippen LogP contribution in [0, 0.1) is 5.92 Å². The maximum absolute atomic E-state index is 12.8. The lowest BCUT2D eigenvalue weighted by Gasteiger charge is -2.42. The largest absolute Gasteiger partial charge is 0.443 e. The van der Waals surface area contributed by atoms with Gasteiger partial charge in [0.1, 0.15) is 11.6 Å². The van der Waals surface area contributed by atoms with E-state index in [0.29, 0.717) is 6.54 Å². The molecule has 2 unspecified atom stereocenters. The summed E-state index contributed by atoms with van der Waals surface area (Å²) in [6.07, 6.45) is -0.431. The van der Waals surface area contributed by atoms with Gasteiger partial charge in [0.05, 0.1) is 6.54 Å². The molecule has 0 bridgehead atoms. The molecule has 26 heavy (non-hydrogen) atoms. The zero-order valence-electron chi connectivity index (χ0n) is 15.7. The molecular weight excluding hydrogens is 324 g/mol. The minimum Gasteiger partial charge on any atom is -0.443 e. The second-order valence-corrected chi connectivity index (χ2v) is 7.66. The molecule has 2 atom stereocenters. The molecule has 0 radical (unpaired) electrons. The number of ether oxygens (including phenoxy) is 1. The van der Waals surface area contributed by atoms with Crippen molar-refractivity contribution < 1.29 is 9.53 Å². The summed E-state index contributed by atoms with van der Waals surface area (Å²) in [6, 6.07) is 16.8. The molecule has 136 valence electrons. The second kappa shape index (κ2) is 6.44.